The van der Waals surface area contributed by atoms with E-state index in [0.29, 0.717) is 10.9 Å². The van der Waals surface area contributed by atoms with E-state index in [1.54, 1.807) is 23.0 Å². The van der Waals surface area contributed by atoms with Crippen molar-refractivity contribution in [2.75, 3.05) is 20.6 Å². The molecule has 6 heteroatoms. The third kappa shape index (κ3) is 2.42. The molecule has 1 aromatic carbocycles. The van der Waals surface area contributed by atoms with Gasteiger partial charge in [-0.3, -0.25) is 14.8 Å². The van der Waals surface area contributed by atoms with E-state index in [0.717, 1.165) is 13.1 Å². The fourth-order valence-electron chi connectivity index (χ4n) is 1.65. The zero-order valence-corrected chi connectivity index (χ0v) is 9.83. The second-order valence-corrected chi connectivity index (χ2v) is 4.16. The quantitative estimate of drug-likeness (QED) is 0.594. The Bertz CT molecular complexity index is 547. The second-order valence-electron chi connectivity index (χ2n) is 4.16. The van der Waals surface area contributed by atoms with Crippen molar-refractivity contribution in [2.45, 2.75) is 6.54 Å². The molecule has 0 saturated carbocycles. The number of hydrogen-bond acceptors (Lipinski definition) is 4. The SMILES string of the molecule is CN(C)CCn1cc2c([N+](=O)[O-])cccc2n1. The summed E-state index contributed by atoms with van der Waals surface area (Å²) in [5.74, 6) is 0. The number of nitro groups is 1. The standard InChI is InChI=1S/C11H14N4O2/c1-13(2)6-7-14-8-9-10(12-14)4-3-5-11(9)15(16)17/h3-5,8H,6-7H2,1-2H3. The molecule has 0 amide bonds. The number of benzene rings is 1. The fourth-order valence-corrected chi connectivity index (χ4v) is 1.65. The first-order valence-electron chi connectivity index (χ1n) is 5.33. The van der Waals surface area contributed by atoms with Crippen molar-refractivity contribution in [2.24, 2.45) is 0 Å². The van der Waals surface area contributed by atoms with Crippen molar-refractivity contribution < 1.29 is 4.92 Å². The maximum Gasteiger partial charge on any atom is 0.280 e. The third-order valence-corrected chi connectivity index (χ3v) is 2.55. The van der Waals surface area contributed by atoms with Gasteiger partial charge in [0, 0.05) is 18.8 Å². The normalized spacial score (nSPS) is 11.2. The van der Waals surface area contributed by atoms with E-state index < -0.39 is 0 Å². The van der Waals surface area contributed by atoms with Gasteiger partial charge in [0.15, 0.2) is 0 Å². The molecule has 2 aromatic rings. The van der Waals surface area contributed by atoms with Crippen LogP contribution in [0.1, 0.15) is 0 Å². The molecule has 17 heavy (non-hydrogen) atoms. The topological polar surface area (TPSA) is 64.2 Å². The van der Waals surface area contributed by atoms with Crippen LogP contribution in [0.5, 0.6) is 0 Å². The molecule has 0 unspecified atom stereocenters. The molecule has 0 aliphatic carbocycles. The average Bonchev–Trinajstić information content (AvgIpc) is 2.68. The first-order valence-corrected chi connectivity index (χ1v) is 5.33. The Morgan fingerprint density at radius 2 is 2.24 bits per heavy atom. The molecule has 0 aliphatic rings. The molecule has 0 atom stereocenters. The van der Waals surface area contributed by atoms with Crippen molar-refractivity contribution in [3.8, 4) is 0 Å². The summed E-state index contributed by atoms with van der Waals surface area (Å²) >= 11 is 0. The molecule has 1 aromatic heterocycles. The van der Waals surface area contributed by atoms with E-state index in [-0.39, 0.29) is 10.6 Å². The van der Waals surface area contributed by atoms with Crippen LogP contribution in [0.2, 0.25) is 0 Å². The zero-order chi connectivity index (χ0) is 12.4. The Balaban J connectivity index is 2.36. The van der Waals surface area contributed by atoms with Gasteiger partial charge in [0.25, 0.3) is 5.69 Å². The lowest BCUT2D eigenvalue weighted by molar-refractivity contribution is -0.383. The van der Waals surface area contributed by atoms with Crippen LogP contribution >= 0.6 is 0 Å². The molecule has 0 bridgehead atoms. The Morgan fingerprint density at radius 3 is 2.88 bits per heavy atom. The molecule has 0 aliphatic heterocycles. The van der Waals surface area contributed by atoms with E-state index in [1.807, 2.05) is 19.0 Å². The molecular formula is C11H14N4O2. The molecule has 0 N–H and O–H groups in total. The molecule has 0 radical (unpaired) electrons. The number of likely N-dealkylation sites (N-methyl/N-ethyl adjacent to an activating group) is 1. The van der Waals surface area contributed by atoms with Gasteiger partial charge in [-0.2, -0.15) is 5.10 Å². The van der Waals surface area contributed by atoms with Crippen molar-refractivity contribution in [1.29, 1.82) is 0 Å². The van der Waals surface area contributed by atoms with Gasteiger partial charge >= 0.3 is 0 Å². The lowest BCUT2D eigenvalue weighted by atomic mass is 10.2. The predicted molar refractivity (Wildman–Crippen MR) is 64.9 cm³/mol. The Hall–Kier alpha value is -1.95. The van der Waals surface area contributed by atoms with Crippen molar-refractivity contribution in [3.63, 3.8) is 0 Å². The summed E-state index contributed by atoms with van der Waals surface area (Å²) in [6.45, 7) is 1.57. The molecule has 0 fully saturated rings. The molecule has 1 heterocycles. The van der Waals surface area contributed by atoms with Crippen LogP contribution in [0, 0.1) is 10.1 Å². The lowest BCUT2D eigenvalue weighted by Crippen LogP contribution is -2.18. The van der Waals surface area contributed by atoms with Crippen LogP contribution < -0.4 is 0 Å². The summed E-state index contributed by atoms with van der Waals surface area (Å²) in [5, 5.41) is 15.8. The molecular weight excluding hydrogens is 220 g/mol. The van der Waals surface area contributed by atoms with Gasteiger partial charge in [-0.25, -0.2) is 0 Å². The first-order chi connectivity index (χ1) is 8.08. The van der Waals surface area contributed by atoms with Gasteiger partial charge in [0.05, 0.1) is 22.4 Å². The number of fused-ring (bicyclic) bond motifs is 1. The van der Waals surface area contributed by atoms with Gasteiger partial charge in [-0.15, -0.1) is 0 Å². The van der Waals surface area contributed by atoms with Gasteiger partial charge in [-0.1, -0.05) is 6.07 Å². The number of rotatable bonds is 4. The molecule has 6 nitrogen and oxygen atoms in total. The second kappa shape index (κ2) is 4.50. The van der Waals surface area contributed by atoms with Crippen LogP contribution in [0.4, 0.5) is 5.69 Å². The van der Waals surface area contributed by atoms with Crippen LogP contribution in [0.15, 0.2) is 24.4 Å². The number of hydrogen-bond donors (Lipinski definition) is 0. The lowest BCUT2D eigenvalue weighted by Gasteiger charge is -2.08. The summed E-state index contributed by atoms with van der Waals surface area (Å²) in [7, 11) is 3.96. The van der Waals surface area contributed by atoms with E-state index in [9.17, 15) is 10.1 Å². The largest absolute Gasteiger partial charge is 0.308 e. The molecule has 90 valence electrons. The number of nitro benzene ring substituents is 1. The van der Waals surface area contributed by atoms with Gasteiger partial charge in [-0.05, 0) is 20.2 Å². The van der Waals surface area contributed by atoms with Crippen LogP contribution in [-0.4, -0.2) is 40.2 Å². The van der Waals surface area contributed by atoms with Gasteiger partial charge in [0.1, 0.15) is 0 Å². The molecule has 0 spiro atoms. The fraction of sp³-hybridized carbons (Fsp3) is 0.364. The summed E-state index contributed by atoms with van der Waals surface area (Å²) in [6.07, 6.45) is 1.73. The smallest absolute Gasteiger partial charge is 0.280 e. The zero-order valence-electron chi connectivity index (χ0n) is 9.83. The maximum absolute atomic E-state index is 10.9. The summed E-state index contributed by atoms with van der Waals surface area (Å²) in [6, 6.07) is 4.94. The summed E-state index contributed by atoms with van der Waals surface area (Å²) in [5.41, 5.74) is 0.775. The monoisotopic (exact) mass is 234 g/mol. The highest BCUT2D eigenvalue weighted by molar-refractivity contribution is 5.87. The number of aromatic nitrogens is 2. The van der Waals surface area contributed by atoms with Crippen LogP contribution in [0.25, 0.3) is 10.9 Å². The Labute approximate surface area is 98.6 Å². The van der Waals surface area contributed by atoms with Gasteiger partial charge in [0.2, 0.25) is 0 Å². The minimum absolute atomic E-state index is 0.110. The highest BCUT2D eigenvalue weighted by Crippen LogP contribution is 2.23. The van der Waals surface area contributed by atoms with Crippen LogP contribution in [0.3, 0.4) is 0 Å². The summed E-state index contributed by atoms with van der Waals surface area (Å²) < 4.78 is 1.75. The molecule has 0 saturated heterocycles. The van der Waals surface area contributed by atoms with Gasteiger partial charge < -0.3 is 4.90 Å². The Kier molecular flexibility index (Phi) is 3.06. The minimum atomic E-state index is -0.375. The number of nitrogens with zero attached hydrogens (tertiary/aromatic N) is 4. The summed E-state index contributed by atoms with van der Waals surface area (Å²) in [4.78, 5) is 12.5. The first kappa shape index (κ1) is 11.5. The highest BCUT2D eigenvalue weighted by Gasteiger charge is 2.13. The predicted octanol–water partition coefficient (Wildman–Crippen LogP) is 1.51. The minimum Gasteiger partial charge on any atom is -0.308 e. The van der Waals surface area contributed by atoms with Crippen LogP contribution in [-0.2, 0) is 6.54 Å². The Morgan fingerprint density at radius 1 is 1.47 bits per heavy atom. The van der Waals surface area contributed by atoms with E-state index in [4.69, 9.17) is 0 Å². The molecule has 2 rings (SSSR count). The number of non-ortho nitro benzene ring substituents is 1. The van der Waals surface area contributed by atoms with Crippen molar-refractivity contribution in [1.82, 2.24) is 14.7 Å². The van der Waals surface area contributed by atoms with Crippen molar-refractivity contribution in [3.05, 3.63) is 34.5 Å². The maximum atomic E-state index is 10.9. The van der Waals surface area contributed by atoms with Crippen molar-refractivity contribution >= 4 is 16.6 Å². The van der Waals surface area contributed by atoms with E-state index in [1.165, 1.54) is 6.07 Å². The highest BCUT2D eigenvalue weighted by atomic mass is 16.6. The average molecular weight is 234 g/mol. The van der Waals surface area contributed by atoms with E-state index >= 15 is 0 Å². The third-order valence-electron chi connectivity index (χ3n) is 2.55. The van der Waals surface area contributed by atoms with E-state index in [2.05, 4.69) is 5.10 Å².